The zero-order valence-electron chi connectivity index (χ0n) is 14.5. The van der Waals surface area contributed by atoms with Crippen LogP contribution in [0.25, 0.3) is 0 Å². The van der Waals surface area contributed by atoms with Crippen LogP contribution >= 0.6 is 24.8 Å². The maximum atomic E-state index is 11.2. The van der Waals surface area contributed by atoms with Crippen molar-refractivity contribution in [2.45, 2.75) is 20.4 Å². The van der Waals surface area contributed by atoms with Crippen molar-refractivity contribution in [1.82, 2.24) is 10.2 Å². The molecule has 24 heavy (non-hydrogen) atoms. The number of carbonyl (C=O) groups is 1. The van der Waals surface area contributed by atoms with Crippen molar-refractivity contribution in [2.75, 3.05) is 39.9 Å². The van der Waals surface area contributed by atoms with E-state index < -0.39 is 0 Å². The molecule has 0 aliphatic heterocycles. The van der Waals surface area contributed by atoms with Gasteiger partial charge in [-0.2, -0.15) is 0 Å². The van der Waals surface area contributed by atoms with Gasteiger partial charge in [-0.25, -0.2) is 0 Å². The summed E-state index contributed by atoms with van der Waals surface area (Å²) in [5.74, 6) is 1.20. The average Bonchev–Trinajstić information content (AvgIpc) is 2.57. The summed E-state index contributed by atoms with van der Waals surface area (Å²) in [6.07, 6.45) is 0. The van der Waals surface area contributed by atoms with Gasteiger partial charge in [-0.3, -0.25) is 4.79 Å². The molecular formula is C16H29Cl2N3O3. The Bertz CT molecular complexity index is 472. The van der Waals surface area contributed by atoms with Gasteiger partial charge in [0.25, 0.3) is 0 Å². The third kappa shape index (κ3) is 8.59. The summed E-state index contributed by atoms with van der Waals surface area (Å²) >= 11 is 0. The Morgan fingerprint density at radius 3 is 2.42 bits per heavy atom. The summed E-state index contributed by atoms with van der Waals surface area (Å²) in [7, 11) is 1.61. The van der Waals surface area contributed by atoms with Crippen LogP contribution in [0.5, 0.6) is 11.5 Å². The minimum Gasteiger partial charge on any atom is -0.493 e. The van der Waals surface area contributed by atoms with Crippen LogP contribution < -0.4 is 20.5 Å². The molecule has 1 rings (SSSR count). The lowest BCUT2D eigenvalue weighted by Gasteiger charge is -2.19. The Balaban J connectivity index is 0. The van der Waals surface area contributed by atoms with Crippen LogP contribution in [0, 0.1) is 0 Å². The smallest absolute Gasteiger partial charge is 0.234 e. The molecule has 0 atom stereocenters. The van der Waals surface area contributed by atoms with Gasteiger partial charge >= 0.3 is 0 Å². The van der Waals surface area contributed by atoms with E-state index >= 15 is 0 Å². The molecule has 0 spiro atoms. The van der Waals surface area contributed by atoms with Gasteiger partial charge in [0.15, 0.2) is 11.5 Å². The van der Waals surface area contributed by atoms with E-state index in [1.54, 1.807) is 7.11 Å². The highest BCUT2D eigenvalue weighted by atomic mass is 35.5. The number of rotatable bonds is 10. The number of nitrogens with two attached hydrogens (primary N) is 1. The molecule has 1 aromatic carbocycles. The molecular weight excluding hydrogens is 353 g/mol. The molecule has 0 aliphatic rings. The van der Waals surface area contributed by atoms with Crippen LogP contribution in [0.2, 0.25) is 0 Å². The molecule has 8 heteroatoms. The lowest BCUT2D eigenvalue weighted by Crippen LogP contribution is -2.29. The van der Waals surface area contributed by atoms with Gasteiger partial charge in [0.2, 0.25) is 5.91 Å². The number of hydrogen-bond donors (Lipinski definition) is 2. The van der Waals surface area contributed by atoms with Gasteiger partial charge in [-0.1, -0.05) is 19.9 Å². The third-order valence-electron chi connectivity index (χ3n) is 3.46. The highest BCUT2D eigenvalue weighted by Gasteiger charge is 2.07. The number of halogens is 2. The standard InChI is InChI=1S/C16H27N3O3.2ClH/c1-4-19(5-2)8-9-22-14-7-6-13(10-15(14)21-3)12-18-16(20)11-17;;/h6-7,10H,4-5,8-9,11-12,17H2,1-3H3,(H,18,20);2*1H. The van der Waals surface area contributed by atoms with Crippen molar-refractivity contribution < 1.29 is 14.3 Å². The molecule has 0 saturated carbocycles. The second-order valence-electron chi connectivity index (χ2n) is 4.84. The Hall–Kier alpha value is -1.21. The summed E-state index contributed by atoms with van der Waals surface area (Å²) in [6.45, 7) is 8.19. The van der Waals surface area contributed by atoms with Gasteiger partial charge in [0.1, 0.15) is 6.61 Å². The average molecular weight is 382 g/mol. The van der Waals surface area contributed by atoms with Crippen LogP contribution in [0.4, 0.5) is 0 Å². The van der Waals surface area contributed by atoms with Crippen molar-refractivity contribution in [3.8, 4) is 11.5 Å². The van der Waals surface area contributed by atoms with E-state index in [9.17, 15) is 4.79 Å². The fourth-order valence-electron chi connectivity index (χ4n) is 2.04. The van der Waals surface area contributed by atoms with E-state index in [-0.39, 0.29) is 37.3 Å². The highest BCUT2D eigenvalue weighted by molar-refractivity contribution is 5.85. The molecule has 0 radical (unpaired) electrons. The Labute approximate surface area is 156 Å². The quantitative estimate of drug-likeness (QED) is 0.646. The number of carbonyl (C=O) groups excluding carboxylic acids is 1. The predicted octanol–water partition coefficient (Wildman–Crippen LogP) is 1.83. The van der Waals surface area contributed by atoms with Gasteiger partial charge in [-0.15, -0.1) is 24.8 Å². The molecule has 1 amide bonds. The lowest BCUT2D eigenvalue weighted by molar-refractivity contribution is -0.119. The zero-order chi connectivity index (χ0) is 16.4. The second-order valence-corrected chi connectivity index (χ2v) is 4.84. The fourth-order valence-corrected chi connectivity index (χ4v) is 2.04. The second kappa shape index (κ2) is 14.2. The van der Waals surface area contributed by atoms with Crippen molar-refractivity contribution in [1.29, 1.82) is 0 Å². The normalized spacial score (nSPS) is 9.71. The van der Waals surface area contributed by atoms with Crippen LogP contribution in [0.1, 0.15) is 19.4 Å². The van der Waals surface area contributed by atoms with E-state index in [0.29, 0.717) is 24.7 Å². The van der Waals surface area contributed by atoms with Crippen LogP contribution in [0.15, 0.2) is 18.2 Å². The summed E-state index contributed by atoms with van der Waals surface area (Å²) in [5, 5.41) is 2.73. The van der Waals surface area contributed by atoms with Crippen molar-refractivity contribution in [2.24, 2.45) is 5.73 Å². The van der Waals surface area contributed by atoms with E-state index in [0.717, 1.165) is 25.2 Å². The van der Waals surface area contributed by atoms with E-state index in [4.69, 9.17) is 15.2 Å². The number of nitrogens with one attached hydrogen (secondary N) is 1. The molecule has 0 aromatic heterocycles. The minimum atomic E-state index is -0.182. The molecule has 3 N–H and O–H groups in total. The number of likely N-dealkylation sites (N-methyl/N-ethyl adjacent to an activating group) is 1. The van der Waals surface area contributed by atoms with E-state index in [1.165, 1.54) is 0 Å². The third-order valence-corrected chi connectivity index (χ3v) is 3.46. The Kier molecular flexibility index (Phi) is 14.8. The number of hydrogen-bond acceptors (Lipinski definition) is 5. The first kappa shape index (κ1) is 25.0. The summed E-state index contributed by atoms with van der Waals surface area (Å²) in [5.41, 5.74) is 6.20. The van der Waals surface area contributed by atoms with Gasteiger partial charge in [0.05, 0.1) is 13.7 Å². The summed E-state index contributed by atoms with van der Waals surface area (Å²) in [6, 6.07) is 5.64. The van der Waals surface area contributed by atoms with Crippen molar-refractivity contribution in [3.05, 3.63) is 23.8 Å². The maximum Gasteiger partial charge on any atom is 0.234 e. The number of ether oxygens (including phenoxy) is 2. The van der Waals surface area contributed by atoms with Crippen LogP contribution in [-0.2, 0) is 11.3 Å². The monoisotopic (exact) mass is 381 g/mol. The van der Waals surface area contributed by atoms with Gasteiger partial charge in [-0.05, 0) is 30.8 Å². The molecule has 6 nitrogen and oxygen atoms in total. The SMILES string of the molecule is CCN(CC)CCOc1ccc(CNC(=O)CN)cc1OC.Cl.Cl. The lowest BCUT2D eigenvalue weighted by atomic mass is 10.2. The molecule has 0 heterocycles. The number of amides is 1. The molecule has 0 fully saturated rings. The summed E-state index contributed by atoms with van der Waals surface area (Å²) < 4.78 is 11.1. The first-order chi connectivity index (χ1) is 10.6. The minimum absolute atomic E-state index is 0. The molecule has 140 valence electrons. The highest BCUT2D eigenvalue weighted by Crippen LogP contribution is 2.28. The molecule has 0 bridgehead atoms. The van der Waals surface area contributed by atoms with E-state index in [1.807, 2.05) is 18.2 Å². The molecule has 0 aliphatic carbocycles. The Morgan fingerprint density at radius 2 is 1.88 bits per heavy atom. The Morgan fingerprint density at radius 1 is 1.21 bits per heavy atom. The topological polar surface area (TPSA) is 76.8 Å². The summed E-state index contributed by atoms with van der Waals surface area (Å²) in [4.78, 5) is 13.5. The van der Waals surface area contributed by atoms with Crippen LogP contribution in [-0.4, -0.2) is 50.7 Å². The van der Waals surface area contributed by atoms with Gasteiger partial charge < -0.3 is 25.4 Å². The zero-order valence-corrected chi connectivity index (χ0v) is 16.2. The van der Waals surface area contributed by atoms with E-state index in [2.05, 4.69) is 24.1 Å². The van der Waals surface area contributed by atoms with Crippen molar-refractivity contribution >= 4 is 30.7 Å². The van der Waals surface area contributed by atoms with Gasteiger partial charge in [0, 0.05) is 13.1 Å². The first-order valence-corrected chi connectivity index (χ1v) is 7.63. The molecule has 1 aromatic rings. The predicted molar refractivity (Wildman–Crippen MR) is 102 cm³/mol. The molecule has 0 unspecified atom stereocenters. The maximum absolute atomic E-state index is 11.2. The number of nitrogens with zero attached hydrogens (tertiary/aromatic N) is 1. The largest absolute Gasteiger partial charge is 0.493 e. The number of benzene rings is 1. The van der Waals surface area contributed by atoms with Crippen LogP contribution in [0.3, 0.4) is 0 Å². The van der Waals surface area contributed by atoms with Crippen molar-refractivity contribution in [3.63, 3.8) is 0 Å². The number of methoxy groups -OCH3 is 1. The fraction of sp³-hybridized carbons (Fsp3) is 0.562. The molecule has 0 saturated heterocycles. The first-order valence-electron chi connectivity index (χ1n) is 7.63.